The molecule has 1 heterocycles. The second kappa shape index (κ2) is 6.07. The summed E-state index contributed by atoms with van der Waals surface area (Å²) in [4.78, 5) is 17.9. The van der Waals surface area contributed by atoms with Gasteiger partial charge in [-0.05, 0) is 18.2 Å². The minimum absolute atomic E-state index is 0.0252. The zero-order valence-electron chi connectivity index (χ0n) is 10.9. The Morgan fingerprint density at radius 3 is 2.67 bits per heavy atom. The first-order chi connectivity index (χ1) is 10.0. The number of nitrogens with one attached hydrogen (secondary N) is 2. The van der Waals surface area contributed by atoms with Gasteiger partial charge in [0.05, 0.1) is 4.92 Å². The van der Waals surface area contributed by atoms with Gasteiger partial charge < -0.3 is 10.6 Å². The van der Waals surface area contributed by atoms with Crippen LogP contribution in [0.5, 0.6) is 0 Å². The highest BCUT2D eigenvalue weighted by atomic mass is 19.1. The number of halogens is 2. The number of aromatic nitrogens is 2. The fraction of sp³-hybridized carbons (Fsp3) is 0.167. The Labute approximate surface area is 118 Å². The Morgan fingerprint density at radius 1 is 1.29 bits per heavy atom. The molecular formula is C12H11F2N5O2. The first-order valence-electron chi connectivity index (χ1n) is 5.88. The Kier molecular flexibility index (Phi) is 4.21. The van der Waals surface area contributed by atoms with Gasteiger partial charge in [0.15, 0.2) is 0 Å². The molecule has 0 aliphatic rings. The lowest BCUT2D eigenvalue weighted by Gasteiger charge is -2.09. The molecular weight excluding hydrogens is 284 g/mol. The van der Waals surface area contributed by atoms with E-state index in [9.17, 15) is 18.9 Å². The van der Waals surface area contributed by atoms with Crippen molar-refractivity contribution in [2.75, 3.05) is 17.7 Å². The van der Waals surface area contributed by atoms with Crippen molar-refractivity contribution in [2.24, 2.45) is 0 Å². The van der Waals surface area contributed by atoms with Crippen LogP contribution >= 0.6 is 0 Å². The number of anilines is 2. The summed E-state index contributed by atoms with van der Waals surface area (Å²) in [6.07, 6.45) is 1.13. The monoisotopic (exact) mass is 295 g/mol. The molecule has 9 heteroatoms. The molecule has 0 saturated heterocycles. The van der Waals surface area contributed by atoms with Gasteiger partial charge in [0.25, 0.3) is 0 Å². The summed E-state index contributed by atoms with van der Waals surface area (Å²) in [6.45, 7) is -0.148. The van der Waals surface area contributed by atoms with Crippen LogP contribution in [-0.4, -0.2) is 21.9 Å². The Morgan fingerprint density at radius 2 is 2.00 bits per heavy atom. The highest BCUT2D eigenvalue weighted by molar-refractivity contribution is 5.69. The Balaban J connectivity index is 2.28. The van der Waals surface area contributed by atoms with Crippen LogP contribution in [0.2, 0.25) is 0 Å². The van der Waals surface area contributed by atoms with E-state index in [1.807, 2.05) is 0 Å². The Bertz CT molecular complexity index is 681. The third-order valence-electron chi connectivity index (χ3n) is 2.70. The van der Waals surface area contributed by atoms with E-state index < -0.39 is 16.6 Å². The summed E-state index contributed by atoms with van der Waals surface area (Å²) in [6, 6.07) is 2.99. The zero-order chi connectivity index (χ0) is 15.4. The summed E-state index contributed by atoms with van der Waals surface area (Å²) < 4.78 is 26.6. The molecule has 0 radical (unpaired) electrons. The topological polar surface area (TPSA) is 93.0 Å². The van der Waals surface area contributed by atoms with E-state index in [2.05, 4.69) is 20.6 Å². The number of benzene rings is 1. The first kappa shape index (κ1) is 14.6. The molecule has 0 fully saturated rings. The molecule has 0 unspecified atom stereocenters. The minimum atomic E-state index is -0.657. The van der Waals surface area contributed by atoms with E-state index in [0.717, 1.165) is 24.5 Å². The Hall–Kier alpha value is -2.84. The van der Waals surface area contributed by atoms with Crippen LogP contribution in [0.4, 0.5) is 26.1 Å². The lowest BCUT2D eigenvalue weighted by atomic mass is 10.2. The fourth-order valence-electron chi connectivity index (χ4n) is 1.72. The van der Waals surface area contributed by atoms with Crippen molar-refractivity contribution in [3.8, 4) is 0 Å². The molecule has 0 saturated carbocycles. The van der Waals surface area contributed by atoms with Crippen molar-refractivity contribution in [3.63, 3.8) is 0 Å². The second-order valence-corrected chi connectivity index (χ2v) is 4.02. The number of hydrogen-bond acceptors (Lipinski definition) is 6. The quantitative estimate of drug-likeness (QED) is 0.649. The molecule has 1 aromatic heterocycles. The molecule has 0 bridgehead atoms. The van der Waals surface area contributed by atoms with Crippen LogP contribution in [0, 0.1) is 21.7 Å². The number of nitrogens with zero attached hydrogens (tertiary/aromatic N) is 3. The third kappa shape index (κ3) is 3.19. The molecule has 0 amide bonds. The average Bonchev–Trinajstić information content (AvgIpc) is 2.47. The van der Waals surface area contributed by atoms with Crippen LogP contribution in [0.1, 0.15) is 5.56 Å². The van der Waals surface area contributed by atoms with E-state index in [1.165, 1.54) is 7.05 Å². The molecule has 0 aliphatic carbocycles. The van der Waals surface area contributed by atoms with Gasteiger partial charge in [-0.3, -0.25) is 10.1 Å². The van der Waals surface area contributed by atoms with Crippen molar-refractivity contribution in [2.45, 2.75) is 6.54 Å². The van der Waals surface area contributed by atoms with E-state index in [0.29, 0.717) is 0 Å². The van der Waals surface area contributed by atoms with Gasteiger partial charge in [-0.2, -0.15) is 0 Å². The molecule has 0 atom stereocenters. The predicted molar refractivity (Wildman–Crippen MR) is 71.9 cm³/mol. The average molecular weight is 295 g/mol. The molecule has 110 valence electrons. The molecule has 7 nitrogen and oxygen atoms in total. The molecule has 2 rings (SSSR count). The number of hydrogen-bond donors (Lipinski definition) is 2. The van der Waals surface area contributed by atoms with Crippen molar-refractivity contribution in [1.82, 2.24) is 9.97 Å². The lowest BCUT2D eigenvalue weighted by Crippen LogP contribution is -2.09. The van der Waals surface area contributed by atoms with Crippen LogP contribution < -0.4 is 10.6 Å². The van der Waals surface area contributed by atoms with Crippen LogP contribution in [0.15, 0.2) is 24.5 Å². The third-order valence-corrected chi connectivity index (χ3v) is 2.70. The summed E-state index contributed by atoms with van der Waals surface area (Å²) in [5.41, 5.74) is -0.328. The molecule has 0 aliphatic heterocycles. The van der Waals surface area contributed by atoms with Crippen molar-refractivity contribution >= 4 is 17.3 Å². The van der Waals surface area contributed by atoms with Gasteiger partial charge in [-0.15, -0.1) is 0 Å². The second-order valence-electron chi connectivity index (χ2n) is 4.02. The molecule has 1 aromatic carbocycles. The van der Waals surface area contributed by atoms with Gasteiger partial charge in [-0.1, -0.05) is 0 Å². The minimum Gasteiger partial charge on any atom is -0.367 e. The van der Waals surface area contributed by atoms with E-state index in [-0.39, 0.29) is 29.4 Å². The van der Waals surface area contributed by atoms with Crippen molar-refractivity contribution in [3.05, 3.63) is 51.8 Å². The van der Waals surface area contributed by atoms with Crippen molar-refractivity contribution < 1.29 is 13.7 Å². The fourth-order valence-corrected chi connectivity index (χ4v) is 1.72. The molecule has 2 aromatic rings. The number of nitro groups is 1. The number of rotatable bonds is 5. The lowest BCUT2D eigenvalue weighted by molar-refractivity contribution is -0.383. The zero-order valence-corrected chi connectivity index (χ0v) is 10.9. The van der Waals surface area contributed by atoms with Crippen molar-refractivity contribution in [1.29, 1.82) is 0 Å². The predicted octanol–water partition coefficient (Wildman–Crippen LogP) is 2.32. The van der Waals surface area contributed by atoms with E-state index in [1.54, 1.807) is 0 Å². The SMILES string of the molecule is CNc1ncnc(NCc2cc(F)ccc2F)c1[N+](=O)[O-]. The van der Waals surface area contributed by atoms with E-state index in [4.69, 9.17) is 0 Å². The smallest absolute Gasteiger partial charge is 0.353 e. The highest BCUT2D eigenvalue weighted by Gasteiger charge is 2.22. The van der Waals surface area contributed by atoms with E-state index >= 15 is 0 Å². The highest BCUT2D eigenvalue weighted by Crippen LogP contribution is 2.28. The summed E-state index contributed by atoms with van der Waals surface area (Å²) >= 11 is 0. The van der Waals surface area contributed by atoms with Gasteiger partial charge >= 0.3 is 5.69 Å². The van der Waals surface area contributed by atoms with Gasteiger partial charge in [0.2, 0.25) is 11.6 Å². The molecule has 21 heavy (non-hydrogen) atoms. The maximum Gasteiger partial charge on any atom is 0.353 e. The van der Waals surface area contributed by atoms with Crippen LogP contribution in [0.25, 0.3) is 0 Å². The molecule has 0 spiro atoms. The van der Waals surface area contributed by atoms with Crippen LogP contribution in [-0.2, 0) is 6.54 Å². The maximum atomic E-state index is 13.5. The summed E-state index contributed by atoms with van der Waals surface area (Å²) in [7, 11) is 1.48. The van der Waals surface area contributed by atoms with Gasteiger partial charge in [0.1, 0.15) is 18.0 Å². The standard InChI is InChI=1S/C12H11F2N5O2/c1-15-11-10(19(20)21)12(18-6-17-11)16-5-7-4-8(13)2-3-9(7)14/h2-4,6H,5H2,1H3,(H2,15,16,17,18). The summed E-state index contributed by atoms with van der Waals surface area (Å²) in [5.74, 6) is -1.27. The maximum absolute atomic E-state index is 13.5. The molecule has 2 N–H and O–H groups in total. The van der Waals surface area contributed by atoms with Gasteiger partial charge in [-0.25, -0.2) is 18.7 Å². The van der Waals surface area contributed by atoms with Crippen LogP contribution in [0.3, 0.4) is 0 Å². The first-order valence-corrected chi connectivity index (χ1v) is 5.88. The summed E-state index contributed by atoms with van der Waals surface area (Å²) in [5, 5.41) is 16.2. The normalized spacial score (nSPS) is 10.2. The largest absolute Gasteiger partial charge is 0.367 e. The van der Waals surface area contributed by atoms with Gasteiger partial charge in [0, 0.05) is 19.2 Å².